The number of pyridine rings is 2. The molecule has 0 radical (unpaired) electrons. The van der Waals surface area contributed by atoms with Crippen molar-refractivity contribution in [2.75, 3.05) is 0 Å². The lowest BCUT2D eigenvalue weighted by atomic mass is 10.1. The van der Waals surface area contributed by atoms with Crippen LogP contribution in [0.2, 0.25) is 0 Å². The second kappa shape index (κ2) is 13.0. The molecule has 0 saturated heterocycles. The first-order valence-corrected chi connectivity index (χ1v) is 14.4. The number of carbonyl (C=O) groups excluding carboxylic acids is 1. The minimum atomic E-state index is -1.53. The summed E-state index contributed by atoms with van der Waals surface area (Å²) < 4.78 is 47.8. The number of ether oxygens (including phenoxy) is 1. The van der Waals surface area contributed by atoms with Crippen LogP contribution in [-0.2, 0) is 27.8 Å². The van der Waals surface area contributed by atoms with E-state index in [0.29, 0.717) is 44.1 Å². The Bertz CT molecular complexity index is 1690. The molecule has 1 atom stereocenters. The number of rotatable bonds is 9. The van der Waals surface area contributed by atoms with E-state index in [0.717, 1.165) is 0 Å². The zero-order valence-corrected chi connectivity index (χ0v) is 24.5. The topological polar surface area (TPSA) is 120 Å². The summed E-state index contributed by atoms with van der Waals surface area (Å²) in [7, 11) is -1.53. The lowest BCUT2D eigenvalue weighted by Gasteiger charge is -2.14. The average Bonchev–Trinajstić information content (AvgIpc) is 2.92. The molecule has 1 amide bonds. The molecule has 0 aliphatic heterocycles. The number of allylic oxidation sites excluding steroid dienone is 1. The van der Waals surface area contributed by atoms with Crippen molar-refractivity contribution >= 4 is 33.8 Å². The summed E-state index contributed by atoms with van der Waals surface area (Å²) in [5.41, 5.74) is 7.44. The van der Waals surface area contributed by atoms with Crippen LogP contribution in [0, 0.1) is 18.7 Å². The summed E-state index contributed by atoms with van der Waals surface area (Å²) in [5.74, 6) is -1.35. The van der Waals surface area contributed by atoms with E-state index in [1.807, 2.05) is 20.8 Å². The van der Waals surface area contributed by atoms with E-state index in [1.165, 1.54) is 36.8 Å². The highest BCUT2D eigenvalue weighted by Gasteiger charge is 2.16. The van der Waals surface area contributed by atoms with Crippen LogP contribution in [-0.4, -0.2) is 31.8 Å². The van der Waals surface area contributed by atoms with Gasteiger partial charge in [0.15, 0.2) is 11.6 Å². The monoisotopic (exact) mass is 591 g/mol. The van der Waals surface area contributed by atoms with Crippen LogP contribution < -0.4 is 15.8 Å². The van der Waals surface area contributed by atoms with Gasteiger partial charge in [-0.15, -0.1) is 0 Å². The number of nitrogens with zero attached hydrogens (tertiary/aromatic N) is 3. The number of nitrogens with one attached hydrogen (secondary N) is 1. The highest BCUT2D eigenvalue weighted by atomic mass is 32.2. The molecule has 0 aliphatic carbocycles. The number of amides is 1. The van der Waals surface area contributed by atoms with E-state index in [1.54, 1.807) is 43.3 Å². The number of aryl methyl sites for hydroxylation is 1. The van der Waals surface area contributed by atoms with Gasteiger partial charge < -0.3 is 15.8 Å². The van der Waals surface area contributed by atoms with Gasteiger partial charge in [-0.3, -0.25) is 19.0 Å². The van der Waals surface area contributed by atoms with E-state index in [4.69, 9.17) is 10.5 Å². The molecule has 0 saturated carbocycles. The van der Waals surface area contributed by atoms with Crippen molar-refractivity contribution in [2.24, 2.45) is 10.7 Å². The SMILES string of the molecule is Cc1cc(CC(=O)N/C(C=NC(C)(C)C)=C/N)cc(F)c1Oc1ccnc2ccc(S(=O)Cc3cccc(F)n3)cc12. The van der Waals surface area contributed by atoms with Crippen LogP contribution in [0.15, 0.2) is 82.6 Å². The molecule has 218 valence electrons. The van der Waals surface area contributed by atoms with Gasteiger partial charge in [0.25, 0.3) is 0 Å². The van der Waals surface area contributed by atoms with Crippen LogP contribution in [0.1, 0.15) is 37.6 Å². The second-order valence-corrected chi connectivity index (χ2v) is 12.0. The zero-order valence-electron chi connectivity index (χ0n) is 23.7. The van der Waals surface area contributed by atoms with Gasteiger partial charge in [-0.1, -0.05) is 12.1 Å². The number of halogens is 2. The molecule has 0 aliphatic rings. The molecule has 1 unspecified atom stereocenters. The lowest BCUT2D eigenvalue weighted by Crippen LogP contribution is -2.26. The predicted octanol–water partition coefficient (Wildman–Crippen LogP) is 5.64. The smallest absolute Gasteiger partial charge is 0.228 e. The minimum absolute atomic E-state index is 0.0120. The van der Waals surface area contributed by atoms with Crippen LogP contribution >= 0.6 is 0 Å². The first kappa shape index (κ1) is 30.4. The van der Waals surface area contributed by atoms with Crippen molar-refractivity contribution in [1.29, 1.82) is 0 Å². The minimum Gasteiger partial charge on any atom is -0.453 e. The first-order chi connectivity index (χ1) is 19.9. The van der Waals surface area contributed by atoms with Crippen LogP contribution in [0.3, 0.4) is 0 Å². The number of benzene rings is 2. The number of carbonyl (C=O) groups is 1. The summed E-state index contributed by atoms with van der Waals surface area (Å²) in [6, 6.07) is 13.8. The second-order valence-electron chi connectivity index (χ2n) is 10.5. The molecule has 2 heterocycles. The normalized spacial score (nSPS) is 13.0. The molecule has 11 heteroatoms. The van der Waals surface area contributed by atoms with Crippen molar-refractivity contribution in [3.05, 3.63) is 101 Å². The number of hydrogen-bond donors (Lipinski definition) is 2. The standard InChI is InChI=1S/C31H31F2N5O3S/c1-19-12-20(14-29(39)38-22(16-34)17-36-31(2,3)4)13-25(32)30(19)41-27-10-11-35-26-9-8-23(15-24(26)27)42(40)18-21-6-5-7-28(33)37-21/h5-13,15-17H,14,18,34H2,1-4H3,(H,38,39)/b22-16+,36-17?. The Morgan fingerprint density at radius 3 is 2.62 bits per heavy atom. The van der Waals surface area contributed by atoms with Crippen molar-refractivity contribution < 1.29 is 22.5 Å². The van der Waals surface area contributed by atoms with E-state index in [9.17, 15) is 13.4 Å². The molecule has 3 N–H and O–H groups in total. The van der Waals surface area contributed by atoms with Gasteiger partial charge >= 0.3 is 0 Å². The van der Waals surface area contributed by atoms with Crippen molar-refractivity contribution in [3.63, 3.8) is 0 Å². The van der Waals surface area contributed by atoms with Gasteiger partial charge in [0.1, 0.15) is 5.75 Å². The average molecular weight is 592 g/mol. The Kier molecular flexibility index (Phi) is 9.41. The highest BCUT2D eigenvalue weighted by Crippen LogP contribution is 2.34. The summed E-state index contributed by atoms with van der Waals surface area (Å²) in [4.78, 5) is 25.5. The molecule has 0 fully saturated rings. The van der Waals surface area contributed by atoms with Gasteiger partial charge in [0.05, 0.1) is 45.4 Å². The Morgan fingerprint density at radius 1 is 1.14 bits per heavy atom. The molecule has 0 spiro atoms. The molecular weight excluding hydrogens is 560 g/mol. The van der Waals surface area contributed by atoms with Crippen molar-refractivity contribution in [1.82, 2.24) is 15.3 Å². The maximum absolute atomic E-state index is 15.3. The molecule has 8 nitrogen and oxygen atoms in total. The van der Waals surface area contributed by atoms with Crippen molar-refractivity contribution in [3.8, 4) is 11.5 Å². The fourth-order valence-electron chi connectivity index (χ4n) is 3.99. The van der Waals surface area contributed by atoms with E-state index in [-0.39, 0.29) is 29.4 Å². The van der Waals surface area contributed by atoms with Gasteiger partial charge in [-0.05, 0) is 81.3 Å². The summed E-state index contributed by atoms with van der Waals surface area (Å²) in [6.07, 6.45) is 4.17. The number of hydrogen-bond acceptors (Lipinski definition) is 7. The molecule has 42 heavy (non-hydrogen) atoms. The Balaban J connectivity index is 1.53. The van der Waals surface area contributed by atoms with E-state index in [2.05, 4.69) is 20.3 Å². The number of fused-ring (bicyclic) bond motifs is 1. The largest absolute Gasteiger partial charge is 0.453 e. The third-order valence-electron chi connectivity index (χ3n) is 5.91. The van der Waals surface area contributed by atoms with Gasteiger partial charge in [-0.25, -0.2) is 9.37 Å². The fraction of sp³-hybridized carbons (Fsp3) is 0.226. The van der Waals surface area contributed by atoms with Gasteiger partial charge in [0.2, 0.25) is 11.9 Å². The zero-order chi connectivity index (χ0) is 30.4. The highest BCUT2D eigenvalue weighted by molar-refractivity contribution is 7.84. The molecule has 4 aromatic rings. The Morgan fingerprint density at radius 2 is 1.93 bits per heavy atom. The quantitative estimate of drug-likeness (QED) is 0.192. The molecule has 2 aromatic carbocycles. The molecule has 2 aromatic heterocycles. The van der Waals surface area contributed by atoms with Crippen LogP contribution in [0.4, 0.5) is 8.78 Å². The van der Waals surface area contributed by atoms with E-state index < -0.39 is 22.6 Å². The van der Waals surface area contributed by atoms with Gasteiger partial charge in [-0.2, -0.15) is 4.39 Å². The first-order valence-electron chi connectivity index (χ1n) is 13.0. The van der Waals surface area contributed by atoms with Crippen LogP contribution in [0.25, 0.3) is 10.9 Å². The summed E-state index contributed by atoms with van der Waals surface area (Å²) >= 11 is 0. The number of aromatic nitrogens is 2. The number of nitrogens with two attached hydrogens (primary N) is 1. The van der Waals surface area contributed by atoms with Crippen LogP contribution in [0.5, 0.6) is 11.5 Å². The fourth-order valence-corrected chi connectivity index (χ4v) is 5.06. The summed E-state index contributed by atoms with van der Waals surface area (Å²) in [6.45, 7) is 7.42. The molecule has 0 bridgehead atoms. The maximum Gasteiger partial charge on any atom is 0.228 e. The summed E-state index contributed by atoms with van der Waals surface area (Å²) in [5, 5.41) is 3.20. The number of aliphatic imine (C=N–C) groups is 1. The maximum atomic E-state index is 15.3. The van der Waals surface area contributed by atoms with E-state index >= 15 is 4.39 Å². The lowest BCUT2D eigenvalue weighted by molar-refractivity contribution is -0.119. The van der Waals surface area contributed by atoms with Gasteiger partial charge in [0, 0.05) is 28.9 Å². The molecule has 4 rings (SSSR count). The third kappa shape index (κ3) is 8.03. The third-order valence-corrected chi connectivity index (χ3v) is 7.25. The Labute approximate surface area is 245 Å². The predicted molar refractivity (Wildman–Crippen MR) is 160 cm³/mol. The molecular formula is C31H31F2N5O3S. The Hall–Kier alpha value is -4.51. The van der Waals surface area contributed by atoms with Crippen molar-refractivity contribution in [2.45, 2.75) is 50.3 Å².